The number of nitrogens with one attached hydrogen (secondary N) is 2. The maximum atomic E-state index is 12.7. The summed E-state index contributed by atoms with van der Waals surface area (Å²) in [4.78, 5) is 4.12. The van der Waals surface area contributed by atoms with Crippen LogP contribution < -0.4 is 10.6 Å². The third-order valence-electron chi connectivity index (χ3n) is 3.64. The van der Waals surface area contributed by atoms with Crippen LogP contribution in [0.5, 0.6) is 0 Å². The van der Waals surface area contributed by atoms with Crippen molar-refractivity contribution in [2.24, 2.45) is 4.99 Å². The smallest absolute Gasteiger partial charge is 0.350 e. The lowest BCUT2D eigenvalue weighted by Gasteiger charge is -2.17. The molecule has 2 N–H and O–H groups in total. The largest absolute Gasteiger partial charge is 0.416 e. The van der Waals surface area contributed by atoms with Gasteiger partial charge < -0.3 is 10.6 Å². The van der Waals surface area contributed by atoms with Crippen LogP contribution in [0.3, 0.4) is 0 Å². The van der Waals surface area contributed by atoms with Gasteiger partial charge in [0.2, 0.25) is 0 Å². The van der Waals surface area contributed by atoms with E-state index in [4.69, 9.17) is 0 Å². The summed E-state index contributed by atoms with van der Waals surface area (Å²) in [6.45, 7) is 2.27. The van der Waals surface area contributed by atoms with Crippen molar-refractivity contribution >= 4 is 29.9 Å². The minimum absolute atomic E-state index is 0. The highest BCUT2D eigenvalue weighted by atomic mass is 127. The Morgan fingerprint density at radius 1 is 1.11 bits per heavy atom. The Morgan fingerprint density at radius 2 is 1.81 bits per heavy atom. The van der Waals surface area contributed by atoms with Crippen LogP contribution in [0.15, 0.2) is 59.6 Å². The first kappa shape index (κ1) is 22.8. The van der Waals surface area contributed by atoms with Crippen LogP contribution >= 0.6 is 24.0 Å². The zero-order chi connectivity index (χ0) is 19.0. The SMILES string of the molecule is CN=C(NCC#Cc1cccc(C(F)(F)F)c1)NC(C)c1ccccc1.I. The Labute approximate surface area is 174 Å². The number of halogens is 4. The second-order valence-corrected chi connectivity index (χ2v) is 5.58. The third kappa shape index (κ3) is 7.51. The van der Waals surface area contributed by atoms with Crippen LogP contribution in [-0.4, -0.2) is 19.6 Å². The van der Waals surface area contributed by atoms with E-state index < -0.39 is 11.7 Å². The van der Waals surface area contributed by atoms with E-state index in [0.29, 0.717) is 11.5 Å². The molecular formula is C20H21F3IN3. The maximum Gasteiger partial charge on any atom is 0.416 e. The van der Waals surface area contributed by atoms with Gasteiger partial charge >= 0.3 is 6.18 Å². The first-order chi connectivity index (χ1) is 12.4. The predicted octanol–water partition coefficient (Wildman–Crippen LogP) is 4.60. The molecule has 2 aromatic rings. The van der Waals surface area contributed by atoms with Crippen molar-refractivity contribution in [3.05, 3.63) is 71.3 Å². The molecular weight excluding hydrogens is 466 g/mol. The van der Waals surface area contributed by atoms with Crippen LogP contribution in [-0.2, 0) is 6.18 Å². The summed E-state index contributed by atoms with van der Waals surface area (Å²) in [5, 5.41) is 6.26. The van der Waals surface area contributed by atoms with E-state index in [1.165, 1.54) is 6.07 Å². The molecule has 2 aromatic carbocycles. The van der Waals surface area contributed by atoms with Crippen molar-refractivity contribution in [1.29, 1.82) is 0 Å². The molecule has 0 bridgehead atoms. The lowest BCUT2D eigenvalue weighted by molar-refractivity contribution is -0.137. The van der Waals surface area contributed by atoms with Gasteiger partial charge in [0.1, 0.15) is 0 Å². The zero-order valence-corrected chi connectivity index (χ0v) is 17.3. The Kier molecular flexibility index (Phi) is 9.15. The summed E-state index contributed by atoms with van der Waals surface area (Å²) >= 11 is 0. The second kappa shape index (κ2) is 10.8. The molecule has 7 heteroatoms. The number of hydrogen-bond acceptors (Lipinski definition) is 1. The number of rotatable bonds is 3. The number of hydrogen-bond donors (Lipinski definition) is 2. The van der Waals surface area contributed by atoms with E-state index in [0.717, 1.165) is 17.7 Å². The van der Waals surface area contributed by atoms with Gasteiger partial charge in [0, 0.05) is 12.6 Å². The van der Waals surface area contributed by atoms with Gasteiger partial charge in [0.25, 0.3) is 0 Å². The molecule has 0 spiro atoms. The van der Waals surface area contributed by atoms with E-state index in [-0.39, 0.29) is 36.6 Å². The number of benzene rings is 2. The number of nitrogens with zero attached hydrogens (tertiary/aromatic N) is 1. The van der Waals surface area contributed by atoms with Crippen molar-refractivity contribution in [3.63, 3.8) is 0 Å². The van der Waals surface area contributed by atoms with Crippen molar-refractivity contribution in [1.82, 2.24) is 10.6 Å². The Hall–Kier alpha value is -2.21. The Morgan fingerprint density at radius 3 is 2.44 bits per heavy atom. The molecule has 0 aliphatic rings. The molecule has 0 aromatic heterocycles. The van der Waals surface area contributed by atoms with Gasteiger partial charge in [-0.15, -0.1) is 24.0 Å². The zero-order valence-electron chi connectivity index (χ0n) is 15.0. The molecule has 0 amide bonds. The van der Waals surface area contributed by atoms with E-state index in [1.54, 1.807) is 13.1 Å². The molecule has 2 rings (SSSR count). The van der Waals surface area contributed by atoms with Gasteiger partial charge in [0.05, 0.1) is 18.2 Å². The summed E-state index contributed by atoms with van der Waals surface area (Å²) in [7, 11) is 1.65. The fraction of sp³-hybridized carbons (Fsp3) is 0.250. The summed E-state index contributed by atoms with van der Waals surface area (Å²) in [5.41, 5.74) is 0.735. The normalized spacial score (nSPS) is 12.3. The van der Waals surface area contributed by atoms with Crippen molar-refractivity contribution < 1.29 is 13.2 Å². The van der Waals surface area contributed by atoms with Crippen LogP contribution in [0.1, 0.15) is 29.7 Å². The third-order valence-corrected chi connectivity index (χ3v) is 3.64. The van der Waals surface area contributed by atoms with Crippen LogP contribution in [0.4, 0.5) is 13.2 Å². The highest BCUT2D eigenvalue weighted by Crippen LogP contribution is 2.29. The average molecular weight is 487 g/mol. The first-order valence-corrected chi connectivity index (χ1v) is 8.08. The molecule has 1 atom stereocenters. The highest BCUT2D eigenvalue weighted by molar-refractivity contribution is 14.0. The van der Waals surface area contributed by atoms with Crippen LogP contribution in [0.25, 0.3) is 0 Å². The number of aliphatic imine (C=N–C) groups is 1. The maximum absolute atomic E-state index is 12.7. The van der Waals surface area contributed by atoms with Crippen LogP contribution in [0.2, 0.25) is 0 Å². The van der Waals surface area contributed by atoms with Gasteiger partial charge in [-0.1, -0.05) is 48.2 Å². The molecule has 0 saturated carbocycles. The average Bonchev–Trinajstić information content (AvgIpc) is 2.64. The van der Waals surface area contributed by atoms with Gasteiger partial charge in [-0.3, -0.25) is 4.99 Å². The molecule has 27 heavy (non-hydrogen) atoms. The topological polar surface area (TPSA) is 36.4 Å². The Balaban J connectivity index is 0.00000364. The quantitative estimate of drug-likeness (QED) is 0.288. The van der Waals surface area contributed by atoms with Crippen molar-refractivity contribution in [3.8, 4) is 11.8 Å². The molecule has 0 saturated heterocycles. The minimum Gasteiger partial charge on any atom is -0.350 e. The number of guanidine groups is 1. The summed E-state index contributed by atoms with van der Waals surface area (Å²) in [6, 6.07) is 14.9. The lowest BCUT2D eigenvalue weighted by atomic mass is 10.1. The van der Waals surface area contributed by atoms with E-state index in [9.17, 15) is 13.2 Å². The van der Waals surface area contributed by atoms with E-state index in [2.05, 4.69) is 27.5 Å². The monoisotopic (exact) mass is 487 g/mol. The highest BCUT2D eigenvalue weighted by Gasteiger charge is 2.30. The summed E-state index contributed by atoms with van der Waals surface area (Å²) < 4.78 is 38.1. The van der Waals surface area contributed by atoms with E-state index >= 15 is 0 Å². The molecule has 1 unspecified atom stereocenters. The standard InChI is InChI=1S/C20H20F3N3.HI/c1-15(17-10-4-3-5-11-17)26-19(24-2)25-13-7-9-16-8-6-12-18(14-16)20(21,22)23;/h3-6,8,10-12,14-15H,13H2,1-2H3,(H2,24,25,26);1H. The van der Waals surface area contributed by atoms with Crippen molar-refractivity contribution in [2.45, 2.75) is 19.1 Å². The van der Waals surface area contributed by atoms with Gasteiger partial charge in [-0.2, -0.15) is 13.2 Å². The molecule has 0 aliphatic heterocycles. The van der Waals surface area contributed by atoms with Crippen LogP contribution in [0, 0.1) is 11.8 Å². The van der Waals surface area contributed by atoms with Gasteiger partial charge in [-0.25, -0.2) is 0 Å². The Bertz CT molecular complexity index is 808. The van der Waals surface area contributed by atoms with Gasteiger partial charge in [0.15, 0.2) is 5.96 Å². The lowest BCUT2D eigenvalue weighted by Crippen LogP contribution is -2.38. The fourth-order valence-corrected chi connectivity index (χ4v) is 2.27. The molecule has 144 valence electrons. The molecule has 0 heterocycles. The predicted molar refractivity (Wildman–Crippen MR) is 113 cm³/mol. The molecule has 0 radical (unpaired) electrons. The molecule has 3 nitrogen and oxygen atoms in total. The molecule has 0 fully saturated rings. The molecule has 0 aliphatic carbocycles. The van der Waals surface area contributed by atoms with E-state index in [1.807, 2.05) is 37.3 Å². The first-order valence-electron chi connectivity index (χ1n) is 8.08. The summed E-state index contributed by atoms with van der Waals surface area (Å²) in [6.07, 6.45) is -4.37. The van der Waals surface area contributed by atoms with Gasteiger partial charge in [-0.05, 0) is 30.7 Å². The number of alkyl halides is 3. The summed E-state index contributed by atoms with van der Waals surface area (Å²) in [5.74, 6) is 6.10. The second-order valence-electron chi connectivity index (χ2n) is 5.58. The minimum atomic E-state index is -4.37. The van der Waals surface area contributed by atoms with Crippen molar-refractivity contribution in [2.75, 3.05) is 13.6 Å². The fourth-order valence-electron chi connectivity index (χ4n) is 2.27.